The molecule has 29 heavy (non-hydrogen) atoms. The SMILES string of the molecule is Cc1cccnc1C(=O)N1CC2(CO[C@@H]3c4cc(Cl)ccc4OC(C)(C)[C@H]3C2)C1. The molecule has 5 nitrogen and oxygen atoms in total. The van der Waals surface area contributed by atoms with Crippen molar-refractivity contribution in [3.63, 3.8) is 0 Å². The van der Waals surface area contributed by atoms with E-state index >= 15 is 0 Å². The van der Waals surface area contributed by atoms with Gasteiger partial charge in [-0.3, -0.25) is 9.78 Å². The molecule has 2 fully saturated rings. The van der Waals surface area contributed by atoms with Crippen LogP contribution in [0, 0.1) is 18.3 Å². The monoisotopic (exact) mass is 412 g/mol. The molecule has 152 valence electrons. The van der Waals surface area contributed by atoms with E-state index < -0.39 is 0 Å². The molecule has 0 bridgehead atoms. The highest BCUT2D eigenvalue weighted by Gasteiger charge is 2.56. The minimum Gasteiger partial charge on any atom is -0.487 e. The summed E-state index contributed by atoms with van der Waals surface area (Å²) in [5.41, 5.74) is 2.13. The maximum absolute atomic E-state index is 12.9. The lowest BCUT2D eigenvalue weighted by atomic mass is 9.64. The van der Waals surface area contributed by atoms with Crippen LogP contribution in [0.4, 0.5) is 0 Å². The summed E-state index contributed by atoms with van der Waals surface area (Å²) in [6, 6.07) is 9.53. The highest BCUT2D eigenvalue weighted by molar-refractivity contribution is 6.30. The highest BCUT2D eigenvalue weighted by Crippen LogP contribution is 2.55. The average Bonchev–Trinajstić information content (AvgIpc) is 2.66. The van der Waals surface area contributed by atoms with Gasteiger partial charge < -0.3 is 14.4 Å². The third-order valence-electron chi connectivity index (χ3n) is 6.68. The number of halogens is 1. The molecule has 0 N–H and O–H groups in total. The summed E-state index contributed by atoms with van der Waals surface area (Å²) in [5.74, 6) is 1.07. The molecule has 2 saturated heterocycles. The van der Waals surface area contributed by atoms with Crippen LogP contribution in [0.25, 0.3) is 0 Å². The van der Waals surface area contributed by atoms with E-state index in [2.05, 4.69) is 18.8 Å². The third kappa shape index (κ3) is 3.03. The number of rotatable bonds is 1. The number of fused-ring (bicyclic) bond motifs is 3. The van der Waals surface area contributed by atoms with Gasteiger partial charge in [-0.2, -0.15) is 0 Å². The topological polar surface area (TPSA) is 51.7 Å². The maximum atomic E-state index is 12.9. The largest absolute Gasteiger partial charge is 0.487 e. The fraction of sp³-hybridized carbons (Fsp3) is 0.478. The quantitative estimate of drug-likeness (QED) is 0.695. The molecule has 1 aromatic heterocycles. The van der Waals surface area contributed by atoms with Crippen LogP contribution in [-0.2, 0) is 4.74 Å². The van der Waals surface area contributed by atoms with Gasteiger partial charge in [0, 0.05) is 41.2 Å². The molecule has 5 rings (SSSR count). The summed E-state index contributed by atoms with van der Waals surface area (Å²) in [6.07, 6.45) is 2.61. The molecule has 2 atom stereocenters. The smallest absolute Gasteiger partial charge is 0.272 e. The van der Waals surface area contributed by atoms with Gasteiger partial charge in [-0.1, -0.05) is 17.7 Å². The normalized spacial score (nSPS) is 26.1. The summed E-state index contributed by atoms with van der Waals surface area (Å²) in [5, 5.41) is 0.695. The van der Waals surface area contributed by atoms with Gasteiger partial charge in [-0.05, 0) is 57.0 Å². The second kappa shape index (κ2) is 6.44. The predicted molar refractivity (Wildman–Crippen MR) is 110 cm³/mol. The minimum absolute atomic E-state index is 0.00660. The zero-order valence-corrected chi connectivity index (χ0v) is 17.7. The highest BCUT2D eigenvalue weighted by atomic mass is 35.5. The summed E-state index contributed by atoms with van der Waals surface area (Å²) in [4.78, 5) is 19.0. The molecule has 0 radical (unpaired) electrons. The molecule has 1 aromatic carbocycles. The van der Waals surface area contributed by atoms with Crippen molar-refractivity contribution in [1.82, 2.24) is 9.88 Å². The average molecular weight is 413 g/mol. The molecular formula is C23H25ClN2O3. The van der Waals surface area contributed by atoms with Crippen molar-refractivity contribution in [2.75, 3.05) is 19.7 Å². The van der Waals surface area contributed by atoms with Crippen LogP contribution in [0.2, 0.25) is 5.02 Å². The first-order valence-electron chi connectivity index (χ1n) is 10.1. The van der Waals surface area contributed by atoms with E-state index in [1.807, 2.05) is 42.2 Å². The summed E-state index contributed by atoms with van der Waals surface area (Å²) in [7, 11) is 0. The Morgan fingerprint density at radius 3 is 2.83 bits per heavy atom. The van der Waals surface area contributed by atoms with Crippen molar-refractivity contribution in [3.8, 4) is 5.75 Å². The number of aromatic nitrogens is 1. The van der Waals surface area contributed by atoms with E-state index in [4.69, 9.17) is 21.1 Å². The van der Waals surface area contributed by atoms with Gasteiger partial charge in [0.2, 0.25) is 0 Å². The molecule has 1 spiro atoms. The first kappa shape index (κ1) is 18.9. The van der Waals surface area contributed by atoms with E-state index in [1.165, 1.54) is 0 Å². The van der Waals surface area contributed by atoms with E-state index in [-0.39, 0.29) is 28.9 Å². The molecule has 3 aliphatic rings. The van der Waals surface area contributed by atoms with Crippen LogP contribution >= 0.6 is 11.6 Å². The molecule has 0 aliphatic carbocycles. The van der Waals surface area contributed by atoms with Gasteiger partial charge in [0.1, 0.15) is 17.0 Å². The van der Waals surface area contributed by atoms with Crippen LogP contribution in [0.3, 0.4) is 0 Å². The molecule has 3 aliphatic heterocycles. The molecule has 1 amide bonds. The van der Waals surface area contributed by atoms with Crippen LogP contribution in [0.1, 0.15) is 48.0 Å². The lowest BCUT2D eigenvalue weighted by Crippen LogP contribution is -2.65. The Balaban J connectivity index is 1.35. The fourth-order valence-electron chi connectivity index (χ4n) is 5.11. The Labute approximate surface area is 176 Å². The minimum atomic E-state index is -0.346. The Morgan fingerprint density at radius 1 is 1.28 bits per heavy atom. The Hall–Kier alpha value is -2.11. The predicted octanol–water partition coefficient (Wildman–Crippen LogP) is 4.43. The lowest BCUT2D eigenvalue weighted by molar-refractivity contribution is -0.191. The van der Waals surface area contributed by atoms with Gasteiger partial charge >= 0.3 is 0 Å². The molecular weight excluding hydrogens is 388 g/mol. The van der Waals surface area contributed by atoms with Crippen molar-refractivity contribution in [2.24, 2.45) is 11.3 Å². The number of pyridine rings is 1. The summed E-state index contributed by atoms with van der Waals surface area (Å²) < 4.78 is 12.8. The number of hydrogen-bond donors (Lipinski definition) is 0. The first-order valence-corrected chi connectivity index (χ1v) is 10.5. The van der Waals surface area contributed by atoms with Crippen molar-refractivity contribution < 1.29 is 14.3 Å². The maximum Gasteiger partial charge on any atom is 0.272 e. The van der Waals surface area contributed by atoms with Gasteiger partial charge in [0.05, 0.1) is 12.7 Å². The molecule has 0 saturated carbocycles. The third-order valence-corrected chi connectivity index (χ3v) is 6.92. The Morgan fingerprint density at radius 2 is 2.07 bits per heavy atom. The van der Waals surface area contributed by atoms with Gasteiger partial charge in [0.25, 0.3) is 5.91 Å². The van der Waals surface area contributed by atoms with E-state index in [9.17, 15) is 4.79 Å². The van der Waals surface area contributed by atoms with E-state index in [0.717, 1.165) is 23.3 Å². The number of nitrogens with zero attached hydrogens (tertiary/aromatic N) is 2. The number of aryl methyl sites for hydroxylation is 1. The number of amides is 1. The van der Waals surface area contributed by atoms with Crippen LogP contribution in [-0.4, -0.2) is 41.1 Å². The van der Waals surface area contributed by atoms with E-state index in [0.29, 0.717) is 30.4 Å². The molecule has 2 aromatic rings. The van der Waals surface area contributed by atoms with Crippen molar-refractivity contribution >= 4 is 17.5 Å². The van der Waals surface area contributed by atoms with E-state index in [1.54, 1.807) is 6.20 Å². The zero-order valence-electron chi connectivity index (χ0n) is 16.9. The zero-order chi connectivity index (χ0) is 20.4. The number of likely N-dealkylation sites (tertiary alicyclic amines) is 1. The molecule has 4 heterocycles. The summed E-state index contributed by atoms with van der Waals surface area (Å²) >= 11 is 6.24. The number of benzene rings is 1. The number of carbonyl (C=O) groups is 1. The Bertz CT molecular complexity index is 984. The summed E-state index contributed by atoms with van der Waals surface area (Å²) in [6.45, 7) is 8.22. The number of ether oxygens (including phenoxy) is 2. The van der Waals surface area contributed by atoms with Gasteiger partial charge in [-0.15, -0.1) is 0 Å². The second-order valence-electron chi connectivity index (χ2n) is 9.26. The fourth-order valence-corrected chi connectivity index (χ4v) is 5.29. The van der Waals surface area contributed by atoms with Crippen molar-refractivity contribution in [2.45, 2.75) is 38.9 Å². The van der Waals surface area contributed by atoms with Crippen molar-refractivity contribution in [3.05, 3.63) is 58.4 Å². The van der Waals surface area contributed by atoms with Crippen LogP contribution in [0.5, 0.6) is 5.75 Å². The Kier molecular flexibility index (Phi) is 4.20. The number of carbonyl (C=O) groups excluding carboxylic acids is 1. The number of hydrogen-bond acceptors (Lipinski definition) is 4. The van der Waals surface area contributed by atoms with Gasteiger partial charge in [0.15, 0.2) is 0 Å². The second-order valence-corrected chi connectivity index (χ2v) is 9.70. The molecule has 0 unspecified atom stereocenters. The van der Waals surface area contributed by atoms with Crippen LogP contribution in [0.15, 0.2) is 36.5 Å². The molecule has 6 heteroatoms. The van der Waals surface area contributed by atoms with Gasteiger partial charge in [-0.25, -0.2) is 0 Å². The first-order chi connectivity index (χ1) is 13.8. The van der Waals surface area contributed by atoms with Crippen LogP contribution < -0.4 is 4.74 Å². The van der Waals surface area contributed by atoms with Crippen molar-refractivity contribution in [1.29, 1.82) is 0 Å². The lowest BCUT2D eigenvalue weighted by Gasteiger charge is -2.58. The standard InChI is InChI=1S/C23H25ClN2O3/c1-14-5-4-8-25-19(14)21(27)26-11-23(12-26)10-17-20(28-13-23)16-9-15(24)6-7-18(16)29-22(17,2)3/h4-9,17,20H,10-13H2,1-3H3/t17-,20+/m0/s1.